The Morgan fingerprint density at radius 1 is 0.694 bits per heavy atom. The number of dihydropyridines is 1. The molecule has 7 nitrogen and oxygen atoms in total. The minimum Gasteiger partial charge on any atom is -0.492 e. The van der Waals surface area contributed by atoms with Crippen LogP contribution < -0.4 is 0 Å². The lowest BCUT2D eigenvalue weighted by Crippen LogP contribution is -2.39. The fourth-order valence-electron chi connectivity index (χ4n) is 6.99. The highest BCUT2D eigenvalue weighted by atomic mass is 16.5. The van der Waals surface area contributed by atoms with E-state index in [0.717, 1.165) is 50.4 Å². The molecule has 49 heavy (non-hydrogen) atoms. The summed E-state index contributed by atoms with van der Waals surface area (Å²) in [5, 5.41) is 14.6. The van der Waals surface area contributed by atoms with Gasteiger partial charge in [-0.1, -0.05) is 146 Å². The predicted octanol–water partition coefficient (Wildman–Crippen LogP) is 8.12. The molecule has 7 heteroatoms. The van der Waals surface area contributed by atoms with Gasteiger partial charge in [-0.15, -0.1) is 15.0 Å². The normalized spacial score (nSPS) is 17.0. The van der Waals surface area contributed by atoms with E-state index in [-0.39, 0.29) is 12.1 Å². The molecular weight excluding hydrogens is 605 g/mol. The van der Waals surface area contributed by atoms with E-state index in [1.54, 1.807) is 4.80 Å². The molecule has 240 valence electrons. The van der Waals surface area contributed by atoms with Crippen LogP contribution in [0.25, 0.3) is 22.5 Å². The highest BCUT2D eigenvalue weighted by Crippen LogP contribution is 2.40. The number of aliphatic imine (C=N–C) groups is 1. The first-order chi connectivity index (χ1) is 24.1. The van der Waals surface area contributed by atoms with Crippen molar-refractivity contribution < 1.29 is 4.74 Å². The highest BCUT2D eigenvalue weighted by molar-refractivity contribution is 5.94. The van der Waals surface area contributed by atoms with Gasteiger partial charge in [0.2, 0.25) is 5.82 Å². The summed E-state index contributed by atoms with van der Waals surface area (Å²) in [6.07, 6.45) is 6.38. The topological polar surface area (TPSA) is 68.4 Å². The van der Waals surface area contributed by atoms with Crippen molar-refractivity contribution in [2.45, 2.75) is 25.2 Å². The van der Waals surface area contributed by atoms with Gasteiger partial charge >= 0.3 is 0 Å². The number of aromatic nitrogens is 4. The van der Waals surface area contributed by atoms with Gasteiger partial charge in [-0.05, 0) is 57.8 Å². The molecule has 8 rings (SSSR count). The zero-order chi connectivity index (χ0) is 33.2. The second-order valence-corrected chi connectivity index (χ2v) is 12.5. The standard InChI is InChI=1S/C42H36N6O/c1-30-28-39(38-26-27-47(2)41(38)43-30)49-29-31-22-24-32(25-23-31)36-20-12-13-21-37(36)40-44-46-48(45-40)42(33-14-6-3-7-15-33,34-16-8-4-9-17-34)35-18-10-5-11-19-35/h3-28,38,41H,29H2,1-2H3. The minimum absolute atomic E-state index is 0.0729. The summed E-state index contributed by atoms with van der Waals surface area (Å²) in [5.41, 5.74) is 7.37. The first-order valence-corrected chi connectivity index (χ1v) is 16.6. The number of tetrazole rings is 1. The van der Waals surface area contributed by atoms with Gasteiger partial charge in [0.1, 0.15) is 18.5 Å². The van der Waals surface area contributed by atoms with E-state index in [9.17, 15) is 0 Å². The van der Waals surface area contributed by atoms with Gasteiger partial charge in [0.15, 0.2) is 5.54 Å². The number of nitrogens with zero attached hydrogens (tertiary/aromatic N) is 6. The molecule has 0 saturated heterocycles. The second-order valence-electron chi connectivity index (χ2n) is 12.5. The van der Waals surface area contributed by atoms with Gasteiger partial charge in [-0.25, -0.2) is 0 Å². The zero-order valence-corrected chi connectivity index (χ0v) is 27.5. The van der Waals surface area contributed by atoms with E-state index < -0.39 is 5.54 Å². The Labute approximate surface area is 286 Å². The minimum atomic E-state index is -0.840. The van der Waals surface area contributed by atoms with E-state index in [0.29, 0.717) is 12.4 Å². The third kappa shape index (κ3) is 5.53. The van der Waals surface area contributed by atoms with Gasteiger partial charge in [0.25, 0.3) is 0 Å². The molecule has 3 heterocycles. The van der Waals surface area contributed by atoms with Crippen molar-refractivity contribution >= 4 is 5.71 Å². The lowest BCUT2D eigenvalue weighted by molar-refractivity contribution is 0.153. The summed E-state index contributed by atoms with van der Waals surface area (Å²) >= 11 is 0. The lowest BCUT2D eigenvalue weighted by Gasteiger charge is -2.34. The third-order valence-corrected chi connectivity index (χ3v) is 9.41. The lowest BCUT2D eigenvalue weighted by atomic mass is 9.77. The maximum atomic E-state index is 6.36. The molecule has 0 fully saturated rings. The molecule has 5 aromatic carbocycles. The first kappa shape index (κ1) is 30.3. The number of benzene rings is 5. The maximum Gasteiger partial charge on any atom is 0.205 e. The summed E-state index contributed by atoms with van der Waals surface area (Å²) < 4.78 is 6.36. The number of ether oxygens (including phenoxy) is 1. The maximum absolute atomic E-state index is 6.36. The monoisotopic (exact) mass is 640 g/mol. The summed E-state index contributed by atoms with van der Waals surface area (Å²) in [6, 6.07) is 48.0. The molecule has 1 aromatic heterocycles. The van der Waals surface area contributed by atoms with Crippen LogP contribution in [0.5, 0.6) is 0 Å². The van der Waals surface area contributed by atoms with Crippen molar-refractivity contribution in [2.75, 3.05) is 7.05 Å². The SMILES string of the molecule is CC1=NC2C(C=CN2C)C(OCc2ccc(-c3ccccc3-c3nnn(C(c4ccccc4)(c4ccccc4)c4ccccc4)n3)cc2)=C1. The Morgan fingerprint density at radius 3 is 1.88 bits per heavy atom. The van der Waals surface area contributed by atoms with Gasteiger partial charge in [-0.2, -0.15) is 0 Å². The average molecular weight is 641 g/mol. The van der Waals surface area contributed by atoms with Crippen LogP contribution in [0.2, 0.25) is 0 Å². The molecule has 2 aliphatic heterocycles. The van der Waals surface area contributed by atoms with E-state index in [2.05, 4.69) is 139 Å². The molecule has 2 aliphatic rings. The fraction of sp³-hybridized carbons (Fsp3) is 0.143. The van der Waals surface area contributed by atoms with E-state index in [1.807, 2.05) is 37.3 Å². The molecule has 0 bridgehead atoms. The number of rotatable bonds is 9. The summed E-state index contributed by atoms with van der Waals surface area (Å²) in [6.45, 7) is 2.51. The third-order valence-electron chi connectivity index (χ3n) is 9.41. The number of allylic oxidation sites excluding steroid dienone is 1. The van der Waals surface area contributed by atoms with Crippen molar-refractivity contribution in [1.82, 2.24) is 25.1 Å². The van der Waals surface area contributed by atoms with Crippen molar-refractivity contribution in [3.63, 3.8) is 0 Å². The zero-order valence-electron chi connectivity index (χ0n) is 27.5. The Morgan fingerprint density at radius 2 is 1.27 bits per heavy atom. The molecule has 0 saturated carbocycles. The Hall–Kier alpha value is -6.08. The van der Waals surface area contributed by atoms with Crippen molar-refractivity contribution in [3.05, 3.63) is 186 Å². The van der Waals surface area contributed by atoms with Crippen LogP contribution in [0.15, 0.2) is 169 Å². The molecule has 0 amide bonds. The van der Waals surface area contributed by atoms with Crippen LogP contribution in [-0.4, -0.2) is 44.0 Å². The average Bonchev–Trinajstić information content (AvgIpc) is 3.80. The molecule has 0 spiro atoms. The van der Waals surface area contributed by atoms with Crippen LogP contribution in [0.4, 0.5) is 0 Å². The predicted molar refractivity (Wildman–Crippen MR) is 193 cm³/mol. The molecule has 2 unspecified atom stereocenters. The van der Waals surface area contributed by atoms with Gasteiger partial charge in [-0.3, -0.25) is 4.99 Å². The van der Waals surface area contributed by atoms with Crippen molar-refractivity contribution in [3.8, 4) is 22.5 Å². The smallest absolute Gasteiger partial charge is 0.205 e. The molecular formula is C42H36N6O. The number of hydrogen-bond acceptors (Lipinski definition) is 6. The summed E-state index contributed by atoms with van der Waals surface area (Å²) in [7, 11) is 2.06. The van der Waals surface area contributed by atoms with Crippen LogP contribution >= 0.6 is 0 Å². The molecule has 0 aliphatic carbocycles. The van der Waals surface area contributed by atoms with Crippen LogP contribution in [0.1, 0.15) is 29.2 Å². The summed E-state index contributed by atoms with van der Waals surface area (Å²) in [5.74, 6) is 1.66. The van der Waals surface area contributed by atoms with Crippen LogP contribution in [0.3, 0.4) is 0 Å². The van der Waals surface area contributed by atoms with Gasteiger partial charge < -0.3 is 9.64 Å². The first-order valence-electron chi connectivity index (χ1n) is 16.6. The van der Waals surface area contributed by atoms with E-state index in [4.69, 9.17) is 25.1 Å². The van der Waals surface area contributed by atoms with Crippen molar-refractivity contribution in [1.29, 1.82) is 0 Å². The summed E-state index contributed by atoms with van der Waals surface area (Å²) in [4.78, 5) is 8.68. The second kappa shape index (κ2) is 12.8. The number of hydrogen-bond donors (Lipinski definition) is 0. The number of fused-ring (bicyclic) bond motifs is 1. The largest absolute Gasteiger partial charge is 0.492 e. The van der Waals surface area contributed by atoms with E-state index >= 15 is 0 Å². The van der Waals surface area contributed by atoms with Gasteiger partial charge in [0, 0.05) is 18.3 Å². The quantitative estimate of drug-likeness (QED) is 0.149. The van der Waals surface area contributed by atoms with Crippen molar-refractivity contribution in [2.24, 2.45) is 10.9 Å². The highest BCUT2D eigenvalue weighted by Gasteiger charge is 2.41. The molecule has 0 N–H and O–H groups in total. The molecule has 0 radical (unpaired) electrons. The fourth-order valence-corrected chi connectivity index (χ4v) is 6.99. The Bertz CT molecular complexity index is 2060. The van der Waals surface area contributed by atoms with Gasteiger partial charge in [0.05, 0.1) is 5.92 Å². The Balaban J connectivity index is 1.13. The van der Waals surface area contributed by atoms with Crippen LogP contribution in [-0.2, 0) is 16.9 Å². The molecule has 2 atom stereocenters. The molecule has 6 aromatic rings. The van der Waals surface area contributed by atoms with E-state index in [1.165, 1.54) is 0 Å². The Kier molecular flexibility index (Phi) is 7.93. The van der Waals surface area contributed by atoms with Crippen LogP contribution in [0, 0.1) is 5.92 Å².